The van der Waals surface area contributed by atoms with Crippen LogP contribution in [0.2, 0.25) is 0 Å². The molecule has 3 heterocycles. The normalized spacial score (nSPS) is 16.3. The maximum atomic E-state index is 11.0. The summed E-state index contributed by atoms with van der Waals surface area (Å²) in [6.07, 6.45) is 1.71. The highest BCUT2D eigenvalue weighted by Crippen LogP contribution is 2.29. The molecule has 2 aromatic heterocycles. The van der Waals surface area contributed by atoms with Gasteiger partial charge in [-0.2, -0.15) is 9.97 Å². The second kappa shape index (κ2) is 5.98. The zero-order chi connectivity index (χ0) is 16.6. The zero-order valence-corrected chi connectivity index (χ0v) is 13.4. The van der Waals surface area contributed by atoms with E-state index >= 15 is 0 Å². The van der Waals surface area contributed by atoms with Gasteiger partial charge in [-0.05, 0) is 12.8 Å². The van der Waals surface area contributed by atoms with Gasteiger partial charge in [-0.15, -0.1) is 5.10 Å². The fraction of sp³-hybridized carbons (Fsp3) is 0.643. The van der Waals surface area contributed by atoms with Crippen LogP contribution < -0.4 is 4.90 Å². The molecule has 9 heteroatoms. The Labute approximate surface area is 133 Å². The molecule has 0 amide bonds. The van der Waals surface area contributed by atoms with E-state index in [0.717, 1.165) is 31.8 Å². The van der Waals surface area contributed by atoms with Gasteiger partial charge in [0.25, 0.3) is 5.82 Å². The van der Waals surface area contributed by atoms with E-state index in [1.54, 1.807) is 7.05 Å². The van der Waals surface area contributed by atoms with Crippen LogP contribution in [0.25, 0.3) is 0 Å². The van der Waals surface area contributed by atoms with Crippen molar-refractivity contribution < 1.29 is 14.4 Å². The third-order valence-electron chi connectivity index (χ3n) is 4.03. The highest BCUT2D eigenvalue weighted by Gasteiger charge is 2.28. The van der Waals surface area contributed by atoms with Gasteiger partial charge in [-0.1, -0.05) is 19.0 Å². The molecule has 0 radical (unpaired) electrons. The van der Waals surface area contributed by atoms with Gasteiger partial charge in [-0.25, -0.2) is 9.48 Å². The van der Waals surface area contributed by atoms with Crippen molar-refractivity contribution in [2.45, 2.75) is 38.5 Å². The SMILES string of the molecule is CC(C)c1noc(C2CCN(c3nc(C(=O)O)nn3C)CC2)n1. The van der Waals surface area contributed by atoms with Gasteiger partial charge < -0.3 is 14.5 Å². The average Bonchev–Trinajstić information content (AvgIpc) is 3.14. The maximum absolute atomic E-state index is 11.0. The lowest BCUT2D eigenvalue weighted by Gasteiger charge is -2.30. The van der Waals surface area contributed by atoms with Crippen LogP contribution in [0.4, 0.5) is 5.95 Å². The molecule has 0 aromatic carbocycles. The minimum absolute atomic E-state index is 0.178. The van der Waals surface area contributed by atoms with Crippen molar-refractivity contribution in [2.75, 3.05) is 18.0 Å². The second-order valence-corrected chi connectivity index (χ2v) is 6.07. The largest absolute Gasteiger partial charge is 0.475 e. The molecule has 0 aliphatic carbocycles. The minimum Gasteiger partial charge on any atom is -0.475 e. The van der Waals surface area contributed by atoms with Crippen molar-refractivity contribution in [3.8, 4) is 0 Å². The van der Waals surface area contributed by atoms with E-state index in [9.17, 15) is 4.79 Å². The Morgan fingerprint density at radius 2 is 2.00 bits per heavy atom. The molecule has 1 aliphatic heterocycles. The van der Waals surface area contributed by atoms with E-state index in [0.29, 0.717) is 11.8 Å². The highest BCUT2D eigenvalue weighted by molar-refractivity contribution is 5.83. The van der Waals surface area contributed by atoms with Crippen LogP contribution in [0, 0.1) is 0 Å². The standard InChI is InChI=1S/C14H20N6O3/c1-8(2)10-15-12(23-18-10)9-4-6-20(7-5-9)14-16-11(13(21)22)17-19(14)3/h8-9H,4-7H2,1-3H3,(H,21,22). The molecular weight excluding hydrogens is 300 g/mol. The zero-order valence-electron chi connectivity index (χ0n) is 13.4. The lowest BCUT2D eigenvalue weighted by atomic mass is 9.97. The predicted octanol–water partition coefficient (Wildman–Crippen LogP) is 1.40. The number of nitrogens with zero attached hydrogens (tertiary/aromatic N) is 6. The number of carboxylic acids is 1. The highest BCUT2D eigenvalue weighted by atomic mass is 16.5. The summed E-state index contributed by atoms with van der Waals surface area (Å²) in [4.78, 5) is 21.6. The molecule has 0 spiro atoms. The first-order chi connectivity index (χ1) is 11.0. The summed E-state index contributed by atoms with van der Waals surface area (Å²) >= 11 is 0. The van der Waals surface area contributed by atoms with Crippen LogP contribution in [0.1, 0.15) is 60.9 Å². The van der Waals surface area contributed by atoms with Gasteiger partial charge in [-0.3, -0.25) is 0 Å². The van der Waals surface area contributed by atoms with Crippen LogP contribution >= 0.6 is 0 Å². The molecule has 124 valence electrons. The summed E-state index contributed by atoms with van der Waals surface area (Å²) in [7, 11) is 1.70. The number of aromatic nitrogens is 5. The molecule has 3 rings (SSSR count). The first kappa shape index (κ1) is 15.4. The van der Waals surface area contributed by atoms with Crippen LogP contribution in [0.15, 0.2) is 4.52 Å². The smallest absolute Gasteiger partial charge is 0.375 e. The minimum atomic E-state index is -1.12. The maximum Gasteiger partial charge on any atom is 0.375 e. The molecule has 0 saturated carbocycles. The molecule has 0 unspecified atom stereocenters. The first-order valence-corrected chi connectivity index (χ1v) is 7.68. The van der Waals surface area contributed by atoms with E-state index in [1.165, 1.54) is 4.68 Å². The van der Waals surface area contributed by atoms with Gasteiger partial charge in [0.05, 0.1) is 0 Å². The number of aryl methyl sites for hydroxylation is 1. The van der Waals surface area contributed by atoms with Crippen molar-refractivity contribution in [3.63, 3.8) is 0 Å². The molecular formula is C14H20N6O3. The predicted molar refractivity (Wildman–Crippen MR) is 80.5 cm³/mol. The van der Waals surface area contributed by atoms with Crippen molar-refractivity contribution >= 4 is 11.9 Å². The van der Waals surface area contributed by atoms with E-state index in [-0.39, 0.29) is 17.7 Å². The Morgan fingerprint density at radius 3 is 2.52 bits per heavy atom. The fourth-order valence-electron chi connectivity index (χ4n) is 2.72. The number of rotatable bonds is 4. The fourth-order valence-corrected chi connectivity index (χ4v) is 2.72. The quantitative estimate of drug-likeness (QED) is 0.900. The van der Waals surface area contributed by atoms with E-state index in [4.69, 9.17) is 9.63 Å². The summed E-state index contributed by atoms with van der Waals surface area (Å²) in [5, 5.41) is 16.9. The van der Waals surface area contributed by atoms with Crippen LogP contribution in [-0.4, -0.2) is 49.1 Å². The molecule has 1 aliphatic rings. The number of hydrogen-bond donors (Lipinski definition) is 1. The number of anilines is 1. The van der Waals surface area contributed by atoms with Crippen molar-refractivity contribution in [3.05, 3.63) is 17.5 Å². The molecule has 1 fully saturated rings. The summed E-state index contributed by atoms with van der Waals surface area (Å²) in [5.74, 6) is 1.20. The van der Waals surface area contributed by atoms with Crippen molar-refractivity contribution in [1.29, 1.82) is 0 Å². The third-order valence-corrected chi connectivity index (χ3v) is 4.03. The molecule has 9 nitrogen and oxygen atoms in total. The Balaban J connectivity index is 1.67. The van der Waals surface area contributed by atoms with Crippen LogP contribution in [0.3, 0.4) is 0 Å². The summed E-state index contributed by atoms with van der Waals surface area (Å²) in [6, 6.07) is 0. The summed E-state index contributed by atoms with van der Waals surface area (Å²) < 4.78 is 6.88. The Morgan fingerprint density at radius 1 is 1.30 bits per heavy atom. The van der Waals surface area contributed by atoms with E-state index < -0.39 is 5.97 Å². The summed E-state index contributed by atoms with van der Waals surface area (Å²) in [5.41, 5.74) is 0. The molecule has 0 atom stereocenters. The molecule has 23 heavy (non-hydrogen) atoms. The Hall–Kier alpha value is -2.45. The molecule has 2 aromatic rings. The molecule has 0 bridgehead atoms. The van der Waals surface area contributed by atoms with Crippen molar-refractivity contribution in [1.82, 2.24) is 24.9 Å². The van der Waals surface area contributed by atoms with Gasteiger partial charge in [0.15, 0.2) is 5.82 Å². The average molecular weight is 320 g/mol. The number of carboxylic acid groups (broad SMARTS) is 1. The number of carbonyl (C=O) groups is 1. The first-order valence-electron chi connectivity index (χ1n) is 7.68. The van der Waals surface area contributed by atoms with Crippen molar-refractivity contribution in [2.24, 2.45) is 7.05 Å². The number of hydrogen-bond acceptors (Lipinski definition) is 7. The topological polar surface area (TPSA) is 110 Å². The Bertz CT molecular complexity index is 699. The monoisotopic (exact) mass is 320 g/mol. The lowest BCUT2D eigenvalue weighted by Crippen LogP contribution is -2.34. The van der Waals surface area contributed by atoms with Crippen LogP contribution in [-0.2, 0) is 7.05 Å². The van der Waals surface area contributed by atoms with Gasteiger partial charge in [0.1, 0.15) is 0 Å². The molecule has 1 N–H and O–H groups in total. The second-order valence-electron chi connectivity index (χ2n) is 6.07. The number of piperidine rings is 1. The summed E-state index contributed by atoms with van der Waals surface area (Å²) in [6.45, 7) is 5.56. The van der Waals surface area contributed by atoms with Gasteiger partial charge in [0, 0.05) is 32.0 Å². The lowest BCUT2D eigenvalue weighted by molar-refractivity contribution is 0.0683. The van der Waals surface area contributed by atoms with E-state index in [2.05, 4.69) is 20.2 Å². The van der Waals surface area contributed by atoms with Gasteiger partial charge >= 0.3 is 5.97 Å². The third kappa shape index (κ3) is 3.03. The Kier molecular flexibility index (Phi) is 4.01. The molecule has 1 saturated heterocycles. The number of aromatic carboxylic acids is 1. The van der Waals surface area contributed by atoms with E-state index in [1.807, 2.05) is 18.7 Å². The van der Waals surface area contributed by atoms with Crippen LogP contribution in [0.5, 0.6) is 0 Å². The van der Waals surface area contributed by atoms with Gasteiger partial charge in [0.2, 0.25) is 11.8 Å².